The van der Waals surface area contributed by atoms with Crippen LogP contribution in [0.2, 0.25) is 0 Å². The van der Waals surface area contributed by atoms with Crippen LogP contribution in [-0.2, 0) is 5.41 Å². The first-order valence-electron chi connectivity index (χ1n) is 5.75. The van der Waals surface area contributed by atoms with Crippen molar-refractivity contribution in [2.45, 2.75) is 46.5 Å². The Morgan fingerprint density at radius 1 is 1.24 bits per heavy atom. The standard InChI is InChI=1S/C13H21O3P/c1-6-13(4,5)12-10(3)7-9(2)8-11(12)16-17(14)15/h7-8,14-15H,6H2,1-5H3. The largest absolute Gasteiger partial charge is 0.427 e. The lowest BCUT2D eigenvalue weighted by molar-refractivity contribution is 0.367. The summed E-state index contributed by atoms with van der Waals surface area (Å²) in [6.45, 7) is 10.4. The molecule has 0 saturated heterocycles. The summed E-state index contributed by atoms with van der Waals surface area (Å²) in [6, 6.07) is 3.96. The van der Waals surface area contributed by atoms with Crippen molar-refractivity contribution in [1.29, 1.82) is 0 Å². The van der Waals surface area contributed by atoms with E-state index >= 15 is 0 Å². The molecule has 1 rings (SSSR count). The van der Waals surface area contributed by atoms with E-state index in [0.717, 1.165) is 23.1 Å². The van der Waals surface area contributed by atoms with Crippen molar-refractivity contribution in [1.82, 2.24) is 0 Å². The smallest absolute Gasteiger partial charge is 0.391 e. The van der Waals surface area contributed by atoms with Crippen LogP contribution < -0.4 is 4.52 Å². The molecule has 0 spiro atoms. The molecule has 0 bridgehead atoms. The maximum absolute atomic E-state index is 9.05. The molecule has 1 aromatic carbocycles. The van der Waals surface area contributed by atoms with E-state index in [1.807, 2.05) is 19.9 Å². The van der Waals surface area contributed by atoms with Crippen LogP contribution in [0.5, 0.6) is 5.75 Å². The molecule has 0 aromatic heterocycles. The molecular weight excluding hydrogens is 235 g/mol. The molecule has 0 unspecified atom stereocenters. The van der Waals surface area contributed by atoms with Gasteiger partial charge >= 0.3 is 8.60 Å². The van der Waals surface area contributed by atoms with E-state index in [4.69, 9.17) is 14.3 Å². The van der Waals surface area contributed by atoms with Gasteiger partial charge in [-0.25, -0.2) is 0 Å². The summed E-state index contributed by atoms with van der Waals surface area (Å²) in [4.78, 5) is 18.1. The van der Waals surface area contributed by atoms with E-state index in [1.54, 1.807) is 0 Å². The third-order valence-electron chi connectivity index (χ3n) is 3.18. The zero-order chi connectivity index (χ0) is 13.2. The average molecular weight is 256 g/mol. The van der Waals surface area contributed by atoms with Crippen LogP contribution in [0.4, 0.5) is 0 Å². The summed E-state index contributed by atoms with van der Waals surface area (Å²) in [6.07, 6.45) is 0.960. The van der Waals surface area contributed by atoms with Crippen LogP contribution in [0.25, 0.3) is 0 Å². The summed E-state index contributed by atoms with van der Waals surface area (Å²) in [5.74, 6) is 0.588. The minimum atomic E-state index is -2.37. The first-order chi connectivity index (χ1) is 7.77. The van der Waals surface area contributed by atoms with Crippen LogP contribution >= 0.6 is 8.60 Å². The Morgan fingerprint density at radius 3 is 2.29 bits per heavy atom. The minimum Gasteiger partial charge on any atom is -0.427 e. The molecule has 0 amide bonds. The first kappa shape index (κ1) is 14.4. The van der Waals surface area contributed by atoms with E-state index in [-0.39, 0.29) is 5.41 Å². The van der Waals surface area contributed by atoms with Gasteiger partial charge < -0.3 is 14.3 Å². The fourth-order valence-electron chi connectivity index (χ4n) is 2.13. The number of hydrogen-bond donors (Lipinski definition) is 2. The van der Waals surface area contributed by atoms with Gasteiger partial charge in [0.25, 0.3) is 0 Å². The molecule has 1 aromatic rings. The molecule has 0 fully saturated rings. The summed E-state index contributed by atoms with van der Waals surface area (Å²) in [7, 11) is -2.37. The van der Waals surface area contributed by atoms with E-state index in [0.29, 0.717) is 5.75 Å². The molecule has 17 heavy (non-hydrogen) atoms. The normalized spacial score (nSPS) is 12.0. The Balaban J connectivity index is 3.35. The summed E-state index contributed by atoms with van der Waals surface area (Å²) in [5.41, 5.74) is 3.20. The topological polar surface area (TPSA) is 49.7 Å². The van der Waals surface area contributed by atoms with Gasteiger partial charge in [0.2, 0.25) is 0 Å². The molecule has 2 N–H and O–H groups in total. The highest BCUT2D eigenvalue weighted by Gasteiger charge is 2.26. The Morgan fingerprint density at radius 2 is 1.82 bits per heavy atom. The Kier molecular flexibility index (Phi) is 4.54. The number of rotatable bonds is 4. The van der Waals surface area contributed by atoms with Crippen molar-refractivity contribution in [3.05, 3.63) is 28.8 Å². The Bertz CT molecular complexity index is 400. The molecule has 0 heterocycles. The molecule has 96 valence electrons. The SMILES string of the molecule is CCC(C)(C)c1c(C)cc(C)cc1OP(O)O. The van der Waals surface area contributed by atoms with Crippen LogP contribution in [0.15, 0.2) is 12.1 Å². The predicted molar refractivity (Wildman–Crippen MR) is 71.2 cm³/mol. The van der Waals surface area contributed by atoms with Crippen molar-refractivity contribution >= 4 is 8.60 Å². The predicted octanol–water partition coefficient (Wildman–Crippen LogP) is 3.58. The molecule has 4 heteroatoms. The first-order valence-corrected chi connectivity index (χ1v) is 6.92. The molecule has 0 saturated carbocycles. The molecule has 3 nitrogen and oxygen atoms in total. The van der Waals surface area contributed by atoms with Crippen molar-refractivity contribution < 1.29 is 14.3 Å². The quantitative estimate of drug-likeness (QED) is 0.809. The number of aryl methyl sites for hydroxylation is 2. The second-order valence-electron chi connectivity index (χ2n) is 5.04. The van der Waals surface area contributed by atoms with Crippen LogP contribution in [-0.4, -0.2) is 9.79 Å². The summed E-state index contributed by atoms with van der Waals surface area (Å²) >= 11 is 0. The second-order valence-corrected chi connectivity index (χ2v) is 5.72. The molecule has 0 aliphatic rings. The minimum absolute atomic E-state index is 0.0432. The van der Waals surface area contributed by atoms with Gasteiger partial charge in [-0.1, -0.05) is 26.8 Å². The summed E-state index contributed by atoms with van der Waals surface area (Å²) in [5, 5.41) is 0. The zero-order valence-electron chi connectivity index (χ0n) is 11.1. The van der Waals surface area contributed by atoms with Gasteiger partial charge in [0.1, 0.15) is 5.75 Å². The molecule has 0 atom stereocenters. The van der Waals surface area contributed by atoms with Crippen molar-refractivity contribution in [2.24, 2.45) is 0 Å². The molecule has 0 aliphatic carbocycles. The van der Waals surface area contributed by atoms with E-state index in [9.17, 15) is 0 Å². The fraction of sp³-hybridized carbons (Fsp3) is 0.538. The van der Waals surface area contributed by atoms with Gasteiger partial charge in [-0.3, -0.25) is 0 Å². The van der Waals surface area contributed by atoms with E-state index in [2.05, 4.69) is 26.8 Å². The van der Waals surface area contributed by atoms with E-state index < -0.39 is 8.60 Å². The Hall–Kier alpha value is -0.630. The summed E-state index contributed by atoms with van der Waals surface area (Å²) < 4.78 is 5.17. The lowest BCUT2D eigenvalue weighted by Gasteiger charge is -2.28. The lowest BCUT2D eigenvalue weighted by Crippen LogP contribution is -2.18. The third-order valence-corrected chi connectivity index (χ3v) is 3.54. The van der Waals surface area contributed by atoms with Gasteiger partial charge in [0.15, 0.2) is 0 Å². The monoisotopic (exact) mass is 256 g/mol. The van der Waals surface area contributed by atoms with Crippen LogP contribution in [0.3, 0.4) is 0 Å². The molecule has 0 aliphatic heterocycles. The van der Waals surface area contributed by atoms with Crippen LogP contribution in [0.1, 0.15) is 43.9 Å². The van der Waals surface area contributed by atoms with Crippen molar-refractivity contribution in [2.75, 3.05) is 0 Å². The van der Waals surface area contributed by atoms with Gasteiger partial charge in [0, 0.05) is 5.56 Å². The second kappa shape index (κ2) is 5.34. The van der Waals surface area contributed by atoms with Gasteiger partial charge in [-0.05, 0) is 42.9 Å². The van der Waals surface area contributed by atoms with E-state index in [1.165, 1.54) is 0 Å². The number of hydrogen-bond acceptors (Lipinski definition) is 3. The highest BCUT2D eigenvalue weighted by molar-refractivity contribution is 7.39. The zero-order valence-corrected chi connectivity index (χ0v) is 12.0. The number of benzene rings is 1. The van der Waals surface area contributed by atoms with Gasteiger partial charge in [-0.2, -0.15) is 0 Å². The fourth-order valence-corrected chi connectivity index (χ4v) is 2.45. The van der Waals surface area contributed by atoms with Crippen LogP contribution in [0, 0.1) is 13.8 Å². The van der Waals surface area contributed by atoms with Crippen molar-refractivity contribution in [3.8, 4) is 5.75 Å². The molecular formula is C13H21O3P. The highest BCUT2D eigenvalue weighted by Crippen LogP contribution is 2.41. The van der Waals surface area contributed by atoms with Gasteiger partial charge in [0.05, 0.1) is 0 Å². The maximum Gasteiger partial charge on any atom is 0.391 e. The lowest BCUT2D eigenvalue weighted by atomic mass is 9.79. The molecule has 0 radical (unpaired) electrons. The Labute approximate surface area is 104 Å². The third kappa shape index (κ3) is 3.41. The highest BCUT2D eigenvalue weighted by atomic mass is 31.2. The average Bonchev–Trinajstić information content (AvgIpc) is 2.14. The van der Waals surface area contributed by atoms with Crippen molar-refractivity contribution in [3.63, 3.8) is 0 Å². The van der Waals surface area contributed by atoms with Gasteiger partial charge in [-0.15, -0.1) is 0 Å². The maximum atomic E-state index is 9.05.